The van der Waals surface area contributed by atoms with Crippen LogP contribution in [0.2, 0.25) is 0 Å². The Kier molecular flexibility index (Phi) is 13.9. The van der Waals surface area contributed by atoms with Crippen molar-refractivity contribution >= 4 is 28.7 Å². The van der Waals surface area contributed by atoms with E-state index in [2.05, 4.69) is 12.2 Å². The number of rotatable bonds is 19. The van der Waals surface area contributed by atoms with Gasteiger partial charge in [0.15, 0.2) is 12.0 Å². The van der Waals surface area contributed by atoms with Gasteiger partial charge < -0.3 is 10.1 Å². The number of anilines is 1. The molecule has 0 spiro atoms. The Labute approximate surface area is 245 Å². The molecule has 2 aromatic carbocycles. The number of benzene rings is 2. The van der Waals surface area contributed by atoms with Crippen LogP contribution in [0.1, 0.15) is 107 Å². The maximum Gasteiger partial charge on any atom is 0.270 e. The molecule has 1 aromatic heterocycles. The van der Waals surface area contributed by atoms with E-state index in [1.54, 1.807) is 24.3 Å². The van der Waals surface area contributed by atoms with Crippen LogP contribution in [-0.2, 0) is 18.3 Å². The van der Waals surface area contributed by atoms with E-state index in [0.29, 0.717) is 17.9 Å². The number of hydrogen-bond acceptors (Lipinski definition) is 4. The van der Waals surface area contributed by atoms with Crippen molar-refractivity contribution < 1.29 is 18.9 Å². The van der Waals surface area contributed by atoms with Gasteiger partial charge in [-0.1, -0.05) is 113 Å². The minimum absolute atomic E-state index is 0.0532. The Bertz CT molecular complexity index is 1200. The van der Waals surface area contributed by atoms with Crippen LogP contribution in [0.5, 0.6) is 5.75 Å². The van der Waals surface area contributed by atoms with Crippen molar-refractivity contribution in [3.05, 3.63) is 65.2 Å². The summed E-state index contributed by atoms with van der Waals surface area (Å²) in [5.41, 5.74) is 3.03. The number of aromatic nitrogens is 1. The number of Topliss-reactive ketones (excluding diaryl/α,β-unsaturated/α-hetero) is 1. The van der Waals surface area contributed by atoms with Crippen LogP contribution in [0.25, 0.3) is 10.6 Å². The van der Waals surface area contributed by atoms with Crippen LogP contribution < -0.4 is 14.6 Å². The number of carbonyl (C=O) groups excluding carboxylic acids is 2. The van der Waals surface area contributed by atoms with Crippen molar-refractivity contribution in [3.8, 4) is 16.3 Å². The molecule has 1 heterocycles. The van der Waals surface area contributed by atoms with Crippen molar-refractivity contribution in [2.75, 3.05) is 11.9 Å². The van der Waals surface area contributed by atoms with Gasteiger partial charge in [0, 0.05) is 5.56 Å². The van der Waals surface area contributed by atoms with Crippen LogP contribution in [0, 0.1) is 0 Å². The average molecular weight is 564 g/mol. The lowest BCUT2D eigenvalue weighted by molar-refractivity contribution is -0.655. The standard InChI is InChI=1S/C34H46N2O3S/c1-4-5-6-7-8-9-10-11-12-13-14-17-24-39-33-28(19-18-21-29(33)27(2)37)26-32(38)35-31-22-16-15-20-30(31)34-36(3)23-25-40-34/h15-16,18-23,25H,4-14,17,24,26H2,1-3H3/p+1. The van der Waals surface area contributed by atoms with Gasteiger partial charge in [0.25, 0.3) is 5.01 Å². The van der Waals surface area contributed by atoms with Gasteiger partial charge in [-0.05, 0) is 31.5 Å². The number of unbranched alkanes of at least 4 members (excludes halogenated alkanes) is 11. The molecule has 0 saturated heterocycles. The maximum atomic E-state index is 13.2. The minimum Gasteiger partial charge on any atom is -0.493 e. The normalized spacial score (nSPS) is 11.0. The van der Waals surface area contributed by atoms with E-state index in [1.165, 1.54) is 64.2 Å². The fourth-order valence-corrected chi connectivity index (χ4v) is 5.93. The number of ketones is 1. The number of aryl methyl sites for hydroxylation is 1. The topological polar surface area (TPSA) is 59.3 Å². The Morgan fingerprint density at radius 2 is 1.50 bits per heavy atom. The second kappa shape index (κ2) is 17.6. The number of nitrogens with one attached hydrogen (secondary N) is 1. The van der Waals surface area contributed by atoms with Crippen molar-refractivity contribution in [2.24, 2.45) is 7.05 Å². The molecule has 0 aliphatic carbocycles. The van der Waals surface area contributed by atoms with Gasteiger partial charge in [0.2, 0.25) is 5.91 Å². The molecule has 6 heteroatoms. The van der Waals surface area contributed by atoms with Crippen molar-refractivity contribution in [2.45, 2.75) is 97.3 Å². The highest BCUT2D eigenvalue weighted by Gasteiger charge is 2.19. The number of amides is 1. The van der Waals surface area contributed by atoms with Gasteiger partial charge in [-0.3, -0.25) is 9.59 Å². The van der Waals surface area contributed by atoms with Gasteiger partial charge in [-0.25, -0.2) is 0 Å². The van der Waals surface area contributed by atoms with Gasteiger partial charge >= 0.3 is 0 Å². The molecular formula is C34H47N2O3S+. The molecule has 1 N–H and O–H groups in total. The fourth-order valence-electron chi connectivity index (χ4n) is 5.03. The highest BCUT2D eigenvalue weighted by Crippen LogP contribution is 2.30. The molecule has 5 nitrogen and oxygen atoms in total. The number of para-hydroxylation sites is 2. The van der Waals surface area contributed by atoms with Crippen LogP contribution in [0.4, 0.5) is 5.69 Å². The van der Waals surface area contributed by atoms with E-state index in [1.807, 2.05) is 59.6 Å². The molecule has 1 amide bonds. The maximum absolute atomic E-state index is 13.2. The van der Waals surface area contributed by atoms with Crippen LogP contribution in [0.3, 0.4) is 0 Å². The summed E-state index contributed by atoms with van der Waals surface area (Å²) >= 11 is 1.63. The largest absolute Gasteiger partial charge is 0.493 e. The Morgan fingerprint density at radius 1 is 0.850 bits per heavy atom. The summed E-state index contributed by atoms with van der Waals surface area (Å²) in [6.07, 6.45) is 17.5. The molecule has 0 aliphatic rings. The lowest BCUT2D eigenvalue weighted by atomic mass is 10.0. The fraction of sp³-hybridized carbons (Fsp3) is 0.500. The van der Waals surface area contributed by atoms with E-state index in [0.717, 1.165) is 34.7 Å². The molecule has 0 saturated carbocycles. The molecule has 40 heavy (non-hydrogen) atoms. The molecule has 216 valence electrons. The zero-order valence-corrected chi connectivity index (χ0v) is 25.5. The van der Waals surface area contributed by atoms with Crippen LogP contribution in [0.15, 0.2) is 54.0 Å². The van der Waals surface area contributed by atoms with E-state index in [-0.39, 0.29) is 18.1 Å². The molecule has 0 radical (unpaired) electrons. The average Bonchev–Trinajstić information content (AvgIpc) is 3.37. The van der Waals surface area contributed by atoms with E-state index in [4.69, 9.17) is 4.74 Å². The Hall–Kier alpha value is -2.99. The predicted molar refractivity (Wildman–Crippen MR) is 166 cm³/mol. The third kappa shape index (κ3) is 10.2. The van der Waals surface area contributed by atoms with Crippen molar-refractivity contribution in [1.29, 1.82) is 0 Å². The molecule has 0 unspecified atom stereocenters. The summed E-state index contributed by atoms with van der Waals surface area (Å²) in [6.45, 7) is 4.36. The first-order valence-electron chi connectivity index (χ1n) is 15.1. The van der Waals surface area contributed by atoms with Gasteiger partial charge in [-0.2, -0.15) is 4.57 Å². The predicted octanol–water partition coefficient (Wildman–Crippen LogP) is 8.70. The number of nitrogens with zero attached hydrogens (tertiary/aromatic N) is 1. The highest BCUT2D eigenvalue weighted by molar-refractivity contribution is 7.12. The van der Waals surface area contributed by atoms with E-state index < -0.39 is 0 Å². The number of thiazole rings is 1. The molecule has 3 rings (SSSR count). The Balaban J connectivity index is 1.49. The minimum atomic E-state index is -0.137. The van der Waals surface area contributed by atoms with Gasteiger partial charge in [0.1, 0.15) is 12.8 Å². The first kappa shape index (κ1) is 31.5. The molecular weight excluding hydrogens is 516 g/mol. The van der Waals surface area contributed by atoms with Gasteiger partial charge in [-0.15, -0.1) is 0 Å². The number of carbonyl (C=O) groups is 2. The number of hydrogen-bond donors (Lipinski definition) is 1. The highest BCUT2D eigenvalue weighted by atomic mass is 32.1. The first-order chi connectivity index (χ1) is 19.5. The zero-order valence-electron chi connectivity index (χ0n) is 24.7. The third-order valence-electron chi connectivity index (χ3n) is 7.29. The first-order valence-corrected chi connectivity index (χ1v) is 16.0. The van der Waals surface area contributed by atoms with E-state index in [9.17, 15) is 9.59 Å². The smallest absolute Gasteiger partial charge is 0.270 e. The second-order valence-electron chi connectivity index (χ2n) is 10.7. The monoisotopic (exact) mass is 563 g/mol. The Morgan fingerprint density at radius 3 is 2.12 bits per heavy atom. The molecule has 0 fully saturated rings. The quantitative estimate of drug-likeness (QED) is 0.0901. The summed E-state index contributed by atoms with van der Waals surface area (Å²) in [7, 11) is 2.00. The molecule has 0 bridgehead atoms. The summed E-state index contributed by atoms with van der Waals surface area (Å²) in [6, 6.07) is 13.3. The van der Waals surface area contributed by atoms with Crippen LogP contribution in [-0.4, -0.2) is 18.3 Å². The molecule has 3 aromatic rings. The lowest BCUT2D eigenvalue weighted by Gasteiger charge is -2.15. The lowest BCUT2D eigenvalue weighted by Crippen LogP contribution is -2.27. The number of ether oxygens (including phenoxy) is 1. The zero-order chi connectivity index (χ0) is 28.6. The summed E-state index contributed by atoms with van der Waals surface area (Å²) in [4.78, 5) is 25.5. The van der Waals surface area contributed by atoms with E-state index >= 15 is 0 Å². The SMILES string of the molecule is CCCCCCCCCCCCCCOc1c(CC(=O)Nc2ccccc2-c2scc[n+]2C)cccc1C(C)=O. The summed E-state index contributed by atoms with van der Waals surface area (Å²) < 4.78 is 8.22. The third-order valence-corrected chi connectivity index (χ3v) is 8.28. The van der Waals surface area contributed by atoms with Crippen molar-refractivity contribution in [3.63, 3.8) is 0 Å². The summed E-state index contributed by atoms with van der Waals surface area (Å²) in [5.74, 6) is 0.358. The summed E-state index contributed by atoms with van der Waals surface area (Å²) in [5, 5.41) is 6.18. The second-order valence-corrected chi connectivity index (χ2v) is 11.6. The van der Waals surface area contributed by atoms with Gasteiger partial charge in [0.05, 0.1) is 35.2 Å². The van der Waals surface area contributed by atoms with Crippen molar-refractivity contribution in [1.82, 2.24) is 0 Å². The molecule has 0 atom stereocenters. The van der Waals surface area contributed by atoms with Crippen LogP contribution >= 0.6 is 11.3 Å². The molecule has 0 aliphatic heterocycles.